The molecule has 0 nitrogen and oxygen atoms in total. The molecule has 0 radical (unpaired) electrons. The van der Waals surface area contributed by atoms with Crippen molar-refractivity contribution in [3.63, 3.8) is 0 Å². The predicted molar refractivity (Wildman–Crippen MR) is 61.4 cm³/mol. The third kappa shape index (κ3) is 2.37. The van der Waals surface area contributed by atoms with E-state index in [0.29, 0.717) is 0 Å². The Kier molecular flexibility index (Phi) is 3.23. The van der Waals surface area contributed by atoms with Gasteiger partial charge in [0.1, 0.15) is 0 Å². The Morgan fingerprint density at radius 2 is 1.93 bits per heavy atom. The molecule has 0 heteroatoms. The first-order valence-corrected chi connectivity index (χ1v) is 5.96. The summed E-state index contributed by atoms with van der Waals surface area (Å²) in [5, 5.41) is 0. The summed E-state index contributed by atoms with van der Waals surface area (Å²) in [5.41, 5.74) is 1.56. The van der Waals surface area contributed by atoms with Gasteiger partial charge < -0.3 is 0 Å². The number of unbranched alkanes of at least 4 members (excludes halogenated alkanes) is 2. The van der Waals surface area contributed by atoms with Crippen molar-refractivity contribution in [2.24, 2.45) is 5.92 Å². The molecule has 1 aromatic carbocycles. The Balaban J connectivity index is 1.76. The van der Waals surface area contributed by atoms with Crippen molar-refractivity contribution in [3.05, 3.63) is 35.9 Å². The van der Waals surface area contributed by atoms with E-state index < -0.39 is 0 Å². The van der Waals surface area contributed by atoms with Crippen LogP contribution in [-0.4, -0.2) is 0 Å². The molecule has 0 saturated heterocycles. The van der Waals surface area contributed by atoms with Gasteiger partial charge in [0.15, 0.2) is 0 Å². The highest BCUT2D eigenvalue weighted by Crippen LogP contribution is 2.50. The van der Waals surface area contributed by atoms with Crippen molar-refractivity contribution >= 4 is 0 Å². The van der Waals surface area contributed by atoms with E-state index >= 15 is 0 Å². The quantitative estimate of drug-likeness (QED) is 0.602. The monoisotopic (exact) mass is 188 g/mol. The largest absolute Gasteiger partial charge is 0.0654 e. The molecule has 1 aliphatic rings. The van der Waals surface area contributed by atoms with Crippen molar-refractivity contribution in [3.8, 4) is 0 Å². The molecule has 0 amide bonds. The lowest BCUT2D eigenvalue weighted by Gasteiger charge is -1.99. The molecule has 0 bridgehead atoms. The Morgan fingerprint density at radius 3 is 2.64 bits per heavy atom. The van der Waals surface area contributed by atoms with E-state index in [1.165, 1.54) is 32.1 Å². The maximum Gasteiger partial charge on any atom is -0.0131 e. The van der Waals surface area contributed by atoms with Gasteiger partial charge in [0.05, 0.1) is 0 Å². The van der Waals surface area contributed by atoms with Crippen molar-refractivity contribution in [2.75, 3.05) is 0 Å². The average Bonchev–Trinajstić information content (AvgIpc) is 2.99. The number of hydrogen-bond acceptors (Lipinski definition) is 0. The van der Waals surface area contributed by atoms with E-state index in [1.54, 1.807) is 5.56 Å². The molecular weight excluding hydrogens is 168 g/mol. The lowest BCUT2D eigenvalue weighted by atomic mass is 10.1. The van der Waals surface area contributed by atoms with Crippen LogP contribution in [0.4, 0.5) is 0 Å². The second kappa shape index (κ2) is 4.63. The lowest BCUT2D eigenvalue weighted by molar-refractivity contribution is 0.610. The molecule has 0 heterocycles. The fraction of sp³-hybridized carbons (Fsp3) is 0.571. The fourth-order valence-corrected chi connectivity index (χ4v) is 2.33. The van der Waals surface area contributed by atoms with Gasteiger partial charge in [-0.1, -0.05) is 56.5 Å². The SMILES string of the molecule is CCCCC[C@@H]1C[C@H]1c1ccccc1. The van der Waals surface area contributed by atoms with Crippen molar-refractivity contribution < 1.29 is 0 Å². The van der Waals surface area contributed by atoms with Crippen LogP contribution in [0.2, 0.25) is 0 Å². The molecule has 2 rings (SSSR count). The van der Waals surface area contributed by atoms with E-state index in [0.717, 1.165) is 11.8 Å². The Hall–Kier alpha value is -0.780. The number of hydrogen-bond donors (Lipinski definition) is 0. The summed E-state index contributed by atoms with van der Waals surface area (Å²) in [6.07, 6.45) is 7.09. The van der Waals surface area contributed by atoms with E-state index in [1.807, 2.05) is 0 Å². The first kappa shape index (κ1) is 9.76. The molecule has 0 aromatic heterocycles. The van der Waals surface area contributed by atoms with Crippen molar-refractivity contribution in [1.82, 2.24) is 0 Å². The van der Waals surface area contributed by atoms with Gasteiger partial charge in [0.25, 0.3) is 0 Å². The molecule has 1 saturated carbocycles. The third-order valence-corrected chi connectivity index (χ3v) is 3.33. The van der Waals surface area contributed by atoms with E-state index in [4.69, 9.17) is 0 Å². The first-order chi connectivity index (χ1) is 6.92. The summed E-state index contributed by atoms with van der Waals surface area (Å²) in [6.45, 7) is 2.28. The molecular formula is C14H20. The molecule has 0 aliphatic heterocycles. The van der Waals surface area contributed by atoms with Gasteiger partial charge in [0, 0.05) is 0 Å². The minimum atomic E-state index is 0.896. The summed E-state index contributed by atoms with van der Waals surface area (Å²) in [4.78, 5) is 0. The maximum absolute atomic E-state index is 2.28. The number of benzene rings is 1. The van der Waals surface area contributed by atoms with Gasteiger partial charge in [-0.2, -0.15) is 0 Å². The fourth-order valence-electron chi connectivity index (χ4n) is 2.33. The smallest absolute Gasteiger partial charge is 0.0131 e. The van der Waals surface area contributed by atoms with Crippen molar-refractivity contribution in [1.29, 1.82) is 0 Å². The molecule has 1 aliphatic carbocycles. The highest BCUT2D eigenvalue weighted by atomic mass is 14.4. The maximum atomic E-state index is 2.28. The van der Waals surface area contributed by atoms with E-state index in [-0.39, 0.29) is 0 Å². The van der Waals surface area contributed by atoms with Crippen LogP contribution in [0.1, 0.15) is 50.5 Å². The minimum absolute atomic E-state index is 0.896. The summed E-state index contributed by atoms with van der Waals surface area (Å²) in [6, 6.07) is 11.0. The van der Waals surface area contributed by atoms with Crippen LogP contribution in [0, 0.1) is 5.92 Å². The molecule has 2 atom stereocenters. The van der Waals surface area contributed by atoms with Crippen LogP contribution >= 0.6 is 0 Å². The summed E-state index contributed by atoms with van der Waals surface area (Å²) in [5.74, 6) is 1.90. The topological polar surface area (TPSA) is 0 Å². The van der Waals surface area contributed by atoms with Crippen LogP contribution in [0.15, 0.2) is 30.3 Å². The van der Waals surface area contributed by atoms with Gasteiger partial charge >= 0.3 is 0 Å². The minimum Gasteiger partial charge on any atom is -0.0654 e. The zero-order valence-electron chi connectivity index (χ0n) is 9.08. The summed E-state index contributed by atoms with van der Waals surface area (Å²) >= 11 is 0. The predicted octanol–water partition coefficient (Wildman–Crippen LogP) is 4.37. The summed E-state index contributed by atoms with van der Waals surface area (Å²) < 4.78 is 0. The zero-order valence-corrected chi connectivity index (χ0v) is 9.08. The molecule has 1 fully saturated rings. The van der Waals surface area contributed by atoms with Gasteiger partial charge in [-0.25, -0.2) is 0 Å². The normalized spacial score (nSPS) is 24.9. The van der Waals surface area contributed by atoms with Gasteiger partial charge in [-0.15, -0.1) is 0 Å². The standard InChI is InChI=1S/C14H20/c1-2-3-5-10-13-11-14(13)12-8-6-4-7-9-12/h4,6-9,13-14H,2-3,5,10-11H2,1H3/t13-,14+/m1/s1. The second-order valence-electron chi connectivity index (χ2n) is 4.51. The van der Waals surface area contributed by atoms with Crippen LogP contribution in [0.3, 0.4) is 0 Å². The van der Waals surface area contributed by atoms with Crippen molar-refractivity contribution in [2.45, 2.75) is 44.9 Å². The lowest BCUT2D eigenvalue weighted by Crippen LogP contribution is -1.84. The Labute approximate surface area is 87.3 Å². The number of rotatable bonds is 5. The summed E-state index contributed by atoms with van der Waals surface area (Å²) in [7, 11) is 0. The molecule has 76 valence electrons. The highest BCUT2D eigenvalue weighted by molar-refractivity contribution is 5.25. The highest BCUT2D eigenvalue weighted by Gasteiger charge is 2.36. The van der Waals surface area contributed by atoms with Crippen LogP contribution in [-0.2, 0) is 0 Å². The van der Waals surface area contributed by atoms with Crippen LogP contribution in [0.5, 0.6) is 0 Å². The Morgan fingerprint density at radius 1 is 1.14 bits per heavy atom. The molecule has 0 unspecified atom stereocenters. The van der Waals surface area contributed by atoms with Crippen LogP contribution in [0.25, 0.3) is 0 Å². The van der Waals surface area contributed by atoms with Gasteiger partial charge in [-0.3, -0.25) is 0 Å². The van der Waals surface area contributed by atoms with E-state index in [2.05, 4.69) is 37.3 Å². The van der Waals surface area contributed by atoms with E-state index in [9.17, 15) is 0 Å². The van der Waals surface area contributed by atoms with Gasteiger partial charge in [-0.05, 0) is 30.2 Å². The molecule has 14 heavy (non-hydrogen) atoms. The molecule has 1 aromatic rings. The molecule has 0 spiro atoms. The Bertz CT molecular complexity index is 263. The van der Waals surface area contributed by atoms with Crippen LogP contribution < -0.4 is 0 Å². The first-order valence-electron chi connectivity index (χ1n) is 5.96. The van der Waals surface area contributed by atoms with Gasteiger partial charge in [0.2, 0.25) is 0 Å². The second-order valence-corrected chi connectivity index (χ2v) is 4.51. The zero-order chi connectivity index (χ0) is 9.80. The molecule has 0 N–H and O–H groups in total. The third-order valence-electron chi connectivity index (χ3n) is 3.33. The average molecular weight is 188 g/mol.